The molecule has 4 rings (SSSR count). The number of hydrogen-bond acceptors (Lipinski definition) is 4. The molecule has 3 aromatic rings. The summed E-state index contributed by atoms with van der Waals surface area (Å²) < 4.78 is 9.28. The van der Waals surface area contributed by atoms with Crippen LogP contribution in [0.3, 0.4) is 0 Å². The van der Waals surface area contributed by atoms with Crippen molar-refractivity contribution in [3.8, 4) is 0 Å². The quantitative estimate of drug-likeness (QED) is 0.712. The van der Waals surface area contributed by atoms with E-state index in [0.29, 0.717) is 26.3 Å². The number of fused-ring (bicyclic) bond motifs is 1. The summed E-state index contributed by atoms with van der Waals surface area (Å²) in [7, 11) is 0. The third-order valence-electron chi connectivity index (χ3n) is 5.26. The molecule has 6 nitrogen and oxygen atoms in total. The van der Waals surface area contributed by atoms with Gasteiger partial charge in [-0.05, 0) is 38.0 Å². The van der Waals surface area contributed by atoms with Crippen molar-refractivity contribution in [3.05, 3.63) is 57.4 Å². The van der Waals surface area contributed by atoms with E-state index in [4.69, 9.17) is 9.72 Å². The van der Waals surface area contributed by atoms with Crippen molar-refractivity contribution in [1.82, 2.24) is 14.3 Å². The van der Waals surface area contributed by atoms with Gasteiger partial charge in [-0.3, -0.25) is 9.48 Å². The maximum atomic E-state index is 13.2. The van der Waals surface area contributed by atoms with Crippen LogP contribution in [0.25, 0.3) is 11.0 Å². The van der Waals surface area contributed by atoms with Crippen molar-refractivity contribution in [2.75, 3.05) is 31.2 Å². The van der Waals surface area contributed by atoms with Gasteiger partial charge in [0.05, 0.1) is 25.1 Å². The van der Waals surface area contributed by atoms with Gasteiger partial charge in [0, 0.05) is 19.6 Å². The molecule has 0 saturated carbocycles. The lowest BCUT2D eigenvalue weighted by Gasteiger charge is -2.28. The number of aryl methyl sites for hydroxylation is 3. The van der Waals surface area contributed by atoms with Gasteiger partial charge in [-0.2, -0.15) is 0 Å². The number of nitrogens with zero attached hydrogens (tertiary/aromatic N) is 4. The molecule has 0 N–H and O–H groups in total. The van der Waals surface area contributed by atoms with E-state index in [0.717, 1.165) is 41.1 Å². The highest BCUT2D eigenvalue weighted by molar-refractivity contribution is 5.81. The molecule has 3 heterocycles. The van der Waals surface area contributed by atoms with E-state index in [9.17, 15) is 4.79 Å². The van der Waals surface area contributed by atoms with Gasteiger partial charge in [0.1, 0.15) is 5.82 Å². The van der Waals surface area contributed by atoms with Crippen molar-refractivity contribution in [2.24, 2.45) is 0 Å². The van der Waals surface area contributed by atoms with Gasteiger partial charge in [-0.1, -0.05) is 29.8 Å². The average Bonchev–Trinajstić information content (AvgIpc) is 2.95. The van der Waals surface area contributed by atoms with Crippen molar-refractivity contribution in [2.45, 2.75) is 33.9 Å². The van der Waals surface area contributed by atoms with Crippen molar-refractivity contribution in [1.29, 1.82) is 0 Å². The Morgan fingerprint density at radius 1 is 1.07 bits per heavy atom. The number of anilines is 1. The van der Waals surface area contributed by atoms with Crippen LogP contribution < -0.4 is 10.5 Å². The summed E-state index contributed by atoms with van der Waals surface area (Å²) in [5.74, 6) is 0.929. The van der Waals surface area contributed by atoms with Crippen LogP contribution in [0.1, 0.15) is 23.6 Å². The van der Waals surface area contributed by atoms with Gasteiger partial charge in [0.25, 0.3) is 5.56 Å². The molecule has 1 aromatic carbocycles. The molecular formula is C21H26N4O2. The highest BCUT2D eigenvalue weighted by atomic mass is 16.5. The van der Waals surface area contributed by atoms with Crippen LogP contribution in [0.2, 0.25) is 0 Å². The first-order valence-corrected chi connectivity index (χ1v) is 9.57. The SMILES string of the molecule is CCn1c2nc(N3CCOCC3)cc(C)c2c(=O)n1Cc1ccc(C)cc1. The zero-order chi connectivity index (χ0) is 19.0. The lowest BCUT2D eigenvalue weighted by molar-refractivity contribution is 0.122. The normalized spacial score (nSPS) is 14.9. The Morgan fingerprint density at radius 2 is 1.78 bits per heavy atom. The lowest BCUT2D eigenvalue weighted by Crippen LogP contribution is -2.36. The molecule has 1 fully saturated rings. The lowest BCUT2D eigenvalue weighted by atomic mass is 10.1. The van der Waals surface area contributed by atoms with E-state index >= 15 is 0 Å². The summed E-state index contributed by atoms with van der Waals surface area (Å²) >= 11 is 0. The van der Waals surface area contributed by atoms with Crippen LogP contribution in [0.4, 0.5) is 5.82 Å². The Labute approximate surface area is 159 Å². The number of ether oxygens (including phenoxy) is 1. The minimum atomic E-state index is 0.0333. The maximum absolute atomic E-state index is 13.2. The van der Waals surface area contributed by atoms with Gasteiger partial charge in [-0.25, -0.2) is 9.67 Å². The van der Waals surface area contributed by atoms with Crippen molar-refractivity contribution >= 4 is 16.9 Å². The minimum Gasteiger partial charge on any atom is -0.378 e. The average molecular weight is 366 g/mol. The molecule has 1 saturated heterocycles. The van der Waals surface area contributed by atoms with E-state index in [1.807, 2.05) is 22.4 Å². The Bertz CT molecular complexity index is 1010. The second-order valence-corrected chi connectivity index (χ2v) is 7.16. The van der Waals surface area contributed by atoms with Crippen molar-refractivity contribution in [3.63, 3.8) is 0 Å². The first kappa shape index (κ1) is 17.8. The number of benzene rings is 1. The Balaban J connectivity index is 1.82. The molecular weight excluding hydrogens is 340 g/mol. The van der Waals surface area contributed by atoms with Gasteiger partial charge in [0.15, 0.2) is 5.65 Å². The first-order chi connectivity index (χ1) is 13.1. The van der Waals surface area contributed by atoms with Crippen LogP contribution in [0.15, 0.2) is 35.1 Å². The third kappa shape index (κ3) is 3.25. The molecule has 0 radical (unpaired) electrons. The topological polar surface area (TPSA) is 52.3 Å². The maximum Gasteiger partial charge on any atom is 0.276 e. The molecule has 0 amide bonds. The summed E-state index contributed by atoms with van der Waals surface area (Å²) in [5, 5.41) is 0.723. The number of hydrogen-bond donors (Lipinski definition) is 0. The molecule has 142 valence electrons. The zero-order valence-corrected chi connectivity index (χ0v) is 16.2. The summed E-state index contributed by atoms with van der Waals surface area (Å²) in [5.41, 5.74) is 4.12. The second kappa shape index (κ2) is 7.19. The van der Waals surface area contributed by atoms with E-state index in [2.05, 4.69) is 43.0 Å². The summed E-state index contributed by atoms with van der Waals surface area (Å²) in [6.07, 6.45) is 0. The predicted octanol–water partition coefficient (Wildman–Crippen LogP) is 2.72. The van der Waals surface area contributed by atoms with Crippen LogP contribution in [0, 0.1) is 13.8 Å². The monoisotopic (exact) mass is 366 g/mol. The highest BCUT2D eigenvalue weighted by Gasteiger charge is 2.20. The number of aromatic nitrogens is 3. The Kier molecular flexibility index (Phi) is 4.74. The van der Waals surface area contributed by atoms with Crippen LogP contribution in [-0.2, 0) is 17.8 Å². The molecule has 2 aromatic heterocycles. The highest BCUT2D eigenvalue weighted by Crippen LogP contribution is 2.22. The third-order valence-corrected chi connectivity index (χ3v) is 5.26. The van der Waals surface area contributed by atoms with E-state index in [-0.39, 0.29) is 5.56 Å². The molecule has 0 bridgehead atoms. The second-order valence-electron chi connectivity index (χ2n) is 7.16. The summed E-state index contributed by atoms with van der Waals surface area (Å²) in [4.78, 5) is 20.3. The molecule has 1 aliphatic rings. The van der Waals surface area contributed by atoms with Crippen LogP contribution in [0.5, 0.6) is 0 Å². The number of morpholine rings is 1. The molecule has 1 aliphatic heterocycles. The molecule has 0 aliphatic carbocycles. The fraction of sp³-hybridized carbons (Fsp3) is 0.429. The smallest absolute Gasteiger partial charge is 0.276 e. The summed E-state index contributed by atoms with van der Waals surface area (Å²) in [6, 6.07) is 10.4. The molecule has 0 unspecified atom stereocenters. The molecule has 6 heteroatoms. The Hall–Kier alpha value is -2.60. The van der Waals surface area contributed by atoms with Crippen LogP contribution >= 0.6 is 0 Å². The minimum absolute atomic E-state index is 0.0333. The first-order valence-electron chi connectivity index (χ1n) is 9.57. The van der Waals surface area contributed by atoms with E-state index < -0.39 is 0 Å². The standard InChI is InChI=1S/C21H26N4O2/c1-4-24-20-19(16(3)13-18(22-20)23-9-11-27-12-10-23)21(26)25(24)14-17-7-5-15(2)6-8-17/h5-8,13H,4,9-12,14H2,1-3H3. The Morgan fingerprint density at radius 3 is 2.44 bits per heavy atom. The summed E-state index contributed by atoms with van der Waals surface area (Å²) in [6.45, 7) is 10.5. The fourth-order valence-electron chi connectivity index (χ4n) is 3.74. The van der Waals surface area contributed by atoms with Gasteiger partial charge < -0.3 is 9.64 Å². The predicted molar refractivity (Wildman–Crippen MR) is 108 cm³/mol. The number of rotatable bonds is 4. The fourth-order valence-corrected chi connectivity index (χ4v) is 3.74. The van der Waals surface area contributed by atoms with Crippen LogP contribution in [-0.4, -0.2) is 40.7 Å². The number of pyridine rings is 1. The largest absolute Gasteiger partial charge is 0.378 e. The van der Waals surface area contributed by atoms with E-state index in [1.165, 1.54) is 5.56 Å². The molecule has 0 atom stereocenters. The zero-order valence-electron chi connectivity index (χ0n) is 16.2. The van der Waals surface area contributed by atoms with Gasteiger partial charge in [0.2, 0.25) is 0 Å². The van der Waals surface area contributed by atoms with Gasteiger partial charge >= 0.3 is 0 Å². The van der Waals surface area contributed by atoms with Gasteiger partial charge in [-0.15, -0.1) is 0 Å². The van der Waals surface area contributed by atoms with E-state index in [1.54, 1.807) is 0 Å². The molecule has 0 spiro atoms. The van der Waals surface area contributed by atoms with Crippen molar-refractivity contribution < 1.29 is 4.74 Å². The molecule has 27 heavy (non-hydrogen) atoms.